The molecule has 1 aromatic heterocycles. The van der Waals surface area contributed by atoms with Crippen molar-refractivity contribution >= 4 is 5.82 Å². The Morgan fingerprint density at radius 2 is 1.57 bits per heavy atom. The second kappa shape index (κ2) is 8.10. The minimum atomic E-state index is 0.220. The van der Waals surface area contributed by atoms with E-state index in [1.54, 1.807) is 0 Å². The Morgan fingerprint density at radius 3 is 2.30 bits per heavy atom. The second-order valence-corrected chi connectivity index (χ2v) is 7.17. The lowest BCUT2D eigenvalue weighted by molar-refractivity contribution is 0.483. The van der Waals surface area contributed by atoms with Crippen LogP contribution in [0.2, 0.25) is 0 Å². The fourth-order valence-corrected chi connectivity index (χ4v) is 3.31. The van der Waals surface area contributed by atoms with Crippen molar-refractivity contribution in [2.45, 2.75) is 13.8 Å². The summed E-state index contributed by atoms with van der Waals surface area (Å²) in [5.41, 5.74) is 12.2. The molecule has 0 fully saturated rings. The van der Waals surface area contributed by atoms with Gasteiger partial charge in [-0.3, -0.25) is 0 Å². The molecule has 2 N–H and O–H groups in total. The molecule has 0 atom stereocenters. The molecule has 0 bridgehead atoms. The summed E-state index contributed by atoms with van der Waals surface area (Å²) in [6, 6.07) is 27.5. The molecule has 4 aromatic rings. The highest BCUT2D eigenvalue weighted by Gasteiger charge is 2.14. The standard InChI is InChI=1S/C26H21N3O/c1-17-11-12-20(13-18(17)2)25-15-23(24(16-27)26(28)29-25)19-7-6-10-22(14-19)30-21-8-4-3-5-9-21/h3-15H,1-2H3,(H2,28,29). The van der Waals surface area contributed by atoms with Gasteiger partial charge in [0.25, 0.3) is 0 Å². The Bertz CT molecular complexity index is 1260. The van der Waals surface area contributed by atoms with E-state index >= 15 is 0 Å². The fourth-order valence-electron chi connectivity index (χ4n) is 3.31. The summed E-state index contributed by atoms with van der Waals surface area (Å²) in [5.74, 6) is 1.66. The first-order valence-corrected chi connectivity index (χ1v) is 9.67. The van der Waals surface area contributed by atoms with Crippen molar-refractivity contribution in [1.29, 1.82) is 5.26 Å². The van der Waals surface area contributed by atoms with Gasteiger partial charge in [0, 0.05) is 11.1 Å². The predicted molar refractivity (Wildman–Crippen MR) is 120 cm³/mol. The monoisotopic (exact) mass is 391 g/mol. The van der Waals surface area contributed by atoms with Gasteiger partial charge in [-0.2, -0.15) is 5.26 Å². The second-order valence-electron chi connectivity index (χ2n) is 7.17. The third-order valence-electron chi connectivity index (χ3n) is 5.09. The minimum Gasteiger partial charge on any atom is -0.457 e. The zero-order valence-electron chi connectivity index (χ0n) is 16.9. The molecule has 0 spiro atoms. The van der Waals surface area contributed by atoms with Crippen LogP contribution in [0, 0.1) is 25.2 Å². The van der Waals surface area contributed by atoms with Gasteiger partial charge in [0.2, 0.25) is 0 Å². The lowest BCUT2D eigenvalue weighted by Crippen LogP contribution is -2.00. The van der Waals surface area contributed by atoms with Gasteiger partial charge >= 0.3 is 0 Å². The van der Waals surface area contributed by atoms with Gasteiger partial charge in [-0.1, -0.05) is 42.5 Å². The Balaban J connectivity index is 1.80. The third kappa shape index (κ3) is 3.87. The SMILES string of the molecule is Cc1ccc(-c2cc(-c3cccc(Oc4ccccc4)c3)c(C#N)c(N)n2)cc1C. The van der Waals surface area contributed by atoms with Crippen LogP contribution in [0.3, 0.4) is 0 Å². The van der Waals surface area contributed by atoms with E-state index in [9.17, 15) is 5.26 Å². The number of ether oxygens (including phenoxy) is 1. The van der Waals surface area contributed by atoms with Gasteiger partial charge in [0.05, 0.1) is 5.69 Å². The van der Waals surface area contributed by atoms with Gasteiger partial charge in [0.1, 0.15) is 28.9 Å². The molecule has 0 radical (unpaired) electrons. The van der Waals surface area contributed by atoms with Crippen LogP contribution in [0.25, 0.3) is 22.4 Å². The number of hydrogen-bond donors (Lipinski definition) is 1. The molecular weight excluding hydrogens is 370 g/mol. The quantitative estimate of drug-likeness (QED) is 0.444. The summed E-state index contributed by atoms with van der Waals surface area (Å²) >= 11 is 0. The lowest BCUT2D eigenvalue weighted by Gasteiger charge is -2.12. The van der Waals surface area contributed by atoms with Gasteiger partial charge in [-0.15, -0.1) is 0 Å². The highest BCUT2D eigenvalue weighted by molar-refractivity contribution is 5.80. The van der Waals surface area contributed by atoms with E-state index in [-0.39, 0.29) is 5.82 Å². The van der Waals surface area contributed by atoms with Crippen molar-refractivity contribution in [2.24, 2.45) is 0 Å². The Morgan fingerprint density at radius 1 is 0.800 bits per heavy atom. The maximum Gasteiger partial charge on any atom is 0.142 e. The normalized spacial score (nSPS) is 10.4. The van der Waals surface area contributed by atoms with Crippen molar-refractivity contribution in [3.8, 4) is 40.0 Å². The predicted octanol–water partition coefficient (Wildman–Crippen LogP) is 6.28. The fraction of sp³-hybridized carbons (Fsp3) is 0.0769. The summed E-state index contributed by atoms with van der Waals surface area (Å²) in [4.78, 5) is 4.49. The number of aryl methyl sites for hydroxylation is 2. The molecule has 0 unspecified atom stereocenters. The first-order chi connectivity index (χ1) is 14.5. The zero-order chi connectivity index (χ0) is 21.1. The Labute approximate surface area is 176 Å². The zero-order valence-corrected chi connectivity index (χ0v) is 16.9. The molecule has 4 heteroatoms. The molecule has 30 heavy (non-hydrogen) atoms. The van der Waals surface area contributed by atoms with E-state index in [1.165, 1.54) is 11.1 Å². The number of nitriles is 1. The molecule has 0 aliphatic heterocycles. The average molecular weight is 391 g/mol. The van der Waals surface area contributed by atoms with Gasteiger partial charge in [-0.05, 0) is 66.9 Å². The molecule has 0 aliphatic rings. The highest BCUT2D eigenvalue weighted by Crippen LogP contribution is 2.34. The van der Waals surface area contributed by atoms with Gasteiger partial charge in [0.15, 0.2) is 0 Å². The Hall–Kier alpha value is -4.10. The molecule has 0 saturated carbocycles. The van der Waals surface area contributed by atoms with Crippen molar-refractivity contribution in [2.75, 3.05) is 5.73 Å². The summed E-state index contributed by atoms with van der Waals surface area (Å²) < 4.78 is 5.96. The first kappa shape index (κ1) is 19.2. The molecule has 0 aliphatic carbocycles. The molecule has 3 aromatic carbocycles. The van der Waals surface area contributed by atoms with Crippen molar-refractivity contribution in [3.63, 3.8) is 0 Å². The van der Waals surface area contributed by atoms with Crippen LogP contribution in [-0.4, -0.2) is 4.98 Å². The number of hydrogen-bond acceptors (Lipinski definition) is 4. The number of pyridine rings is 1. The van der Waals surface area contributed by atoms with Crippen molar-refractivity contribution < 1.29 is 4.74 Å². The number of nitrogens with zero attached hydrogens (tertiary/aromatic N) is 2. The van der Waals surface area contributed by atoms with E-state index in [1.807, 2.05) is 66.7 Å². The smallest absolute Gasteiger partial charge is 0.142 e. The molecular formula is C26H21N3O. The molecule has 146 valence electrons. The van der Waals surface area contributed by atoms with Crippen LogP contribution in [0.4, 0.5) is 5.82 Å². The largest absolute Gasteiger partial charge is 0.457 e. The number of aromatic nitrogens is 1. The van der Waals surface area contributed by atoms with Gasteiger partial charge < -0.3 is 10.5 Å². The average Bonchev–Trinajstić information content (AvgIpc) is 2.76. The van der Waals surface area contributed by atoms with Crippen LogP contribution in [0.15, 0.2) is 78.9 Å². The third-order valence-corrected chi connectivity index (χ3v) is 5.09. The van der Waals surface area contributed by atoms with Crippen LogP contribution in [-0.2, 0) is 0 Å². The van der Waals surface area contributed by atoms with E-state index in [0.29, 0.717) is 11.3 Å². The van der Waals surface area contributed by atoms with Crippen LogP contribution in [0.5, 0.6) is 11.5 Å². The van der Waals surface area contributed by atoms with E-state index in [0.717, 1.165) is 28.1 Å². The number of rotatable bonds is 4. The Kier molecular flexibility index (Phi) is 5.19. The van der Waals surface area contributed by atoms with E-state index in [4.69, 9.17) is 10.5 Å². The lowest BCUT2D eigenvalue weighted by atomic mass is 9.97. The van der Waals surface area contributed by atoms with Crippen LogP contribution >= 0.6 is 0 Å². The van der Waals surface area contributed by atoms with Crippen LogP contribution in [0.1, 0.15) is 16.7 Å². The maximum atomic E-state index is 9.71. The molecule has 0 saturated heterocycles. The summed E-state index contributed by atoms with van der Waals surface area (Å²) in [6.07, 6.45) is 0. The maximum absolute atomic E-state index is 9.71. The van der Waals surface area contributed by atoms with E-state index in [2.05, 4.69) is 37.0 Å². The molecule has 0 amide bonds. The summed E-state index contributed by atoms with van der Waals surface area (Å²) in [5, 5.41) is 9.71. The highest BCUT2D eigenvalue weighted by atomic mass is 16.5. The molecule has 4 rings (SSSR count). The molecule has 4 nitrogen and oxygen atoms in total. The van der Waals surface area contributed by atoms with E-state index < -0.39 is 0 Å². The van der Waals surface area contributed by atoms with Crippen molar-refractivity contribution in [3.05, 3.63) is 95.6 Å². The summed E-state index contributed by atoms with van der Waals surface area (Å²) in [6.45, 7) is 4.14. The number of nitrogens with two attached hydrogens (primary N) is 1. The minimum absolute atomic E-state index is 0.220. The number of benzene rings is 3. The number of anilines is 1. The summed E-state index contributed by atoms with van der Waals surface area (Å²) in [7, 11) is 0. The first-order valence-electron chi connectivity index (χ1n) is 9.67. The van der Waals surface area contributed by atoms with Crippen LogP contribution < -0.4 is 10.5 Å². The van der Waals surface area contributed by atoms with Crippen molar-refractivity contribution in [1.82, 2.24) is 4.98 Å². The topological polar surface area (TPSA) is 71.9 Å². The molecule has 1 heterocycles. The number of para-hydroxylation sites is 1. The van der Waals surface area contributed by atoms with Gasteiger partial charge in [-0.25, -0.2) is 4.98 Å². The number of nitrogen functional groups attached to an aromatic ring is 1.